The lowest BCUT2D eigenvalue weighted by molar-refractivity contribution is 0.128. The van der Waals surface area contributed by atoms with Crippen LogP contribution in [0.5, 0.6) is 5.75 Å². The standard InChI is InChI=1S/C16H24FNO/c1-3-18-11-13-8-14(17)10-16(9-13)19-15-6-4-5-12(2)7-15/h8-10,12,15,18H,3-7,11H2,1-2H3. The smallest absolute Gasteiger partial charge is 0.127 e. The van der Waals surface area contributed by atoms with Crippen LogP contribution in [-0.4, -0.2) is 12.6 Å². The summed E-state index contributed by atoms with van der Waals surface area (Å²) in [5.74, 6) is 1.18. The second-order valence-corrected chi connectivity index (χ2v) is 5.59. The maximum absolute atomic E-state index is 13.6. The van der Waals surface area contributed by atoms with Gasteiger partial charge in [-0.25, -0.2) is 4.39 Å². The fourth-order valence-electron chi connectivity index (χ4n) is 2.74. The zero-order chi connectivity index (χ0) is 13.7. The van der Waals surface area contributed by atoms with E-state index in [4.69, 9.17) is 4.74 Å². The van der Waals surface area contributed by atoms with Crippen molar-refractivity contribution in [1.29, 1.82) is 0 Å². The fraction of sp³-hybridized carbons (Fsp3) is 0.625. The van der Waals surface area contributed by atoms with Crippen molar-refractivity contribution in [2.24, 2.45) is 5.92 Å². The number of halogens is 1. The third-order valence-electron chi connectivity index (χ3n) is 3.70. The molecule has 0 amide bonds. The van der Waals surface area contributed by atoms with E-state index < -0.39 is 0 Å². The Hall–Kier alpha value is -1.09. The lowest BCUT2D eigenvalue weighted by Crippen LogP contribution is -2.24. The van der Waals surface area contributed by atoms with Crippen molar-refractivity contribution in [2.45, 2.75) is 52.2 Å². The minimum absolute atomic E-state index is 0.214. The van der Waals surface area contributed by atoms with Crippen molar-refractivity contribution in [3.63, 3.8) is 0 Å². The molecule has 0 saturated heterocycles. The molecule has 1 aromatic rings. The van der Waals surface area contributed by atoms with E-state index in [-0.39, 0.29) is 11.9 Å². The van der Waals surface area contributed by atoms with Crippen molar-refractivity contribution < 1.29 is 9.13 Å². The molecule has 1 aliphatic carbocycles. The first-order valence-corrected chi connectivity index (χ1v) is 7.34. The number of benzene rings is 1. The molecule has 19 heavy (non-hydrogen) atoms. The molecule has 0 bridgehead atoms. The number of hydrogen-bond donors (Lipinski definition) is 1. The van der Waals surface area contributed by atoms with Crippen molar-refractivity contribution in [1.82, 2.24) is 5.32 Å². The molecule has 0 aliphatic heterocycles. The van der Waals surface area contributed by atoms with Gasteiger partial charge in [0.1, 0.15) is 11.6 Å². The van der Waals surface area contributed by atoms with Crippen molar-refractivity contribution >= 4 is 0 Å². The molecule has 0 heterocycles. The maximum atomic E-state index is 13.6. The average molecular weight is 265 g/mol. The van der Waals surface area contributed by atoms with Gasteiger partial charge in [0.05, 0.1) is 6.10 Å². The molecule has 0 radical (unpaired) electrons. The summed E-state index contributed by atoms with van der Waals surface area (Å²) in [4.78, 5) is 0. The quantitative estimate of drug-likeness (QED) is 0.872. The van der Waals surface area contributed by atoms with Gasteiger partial charge in [0.25, 0.3) is 0 Å². The molecule has 1 saturated carbocycles. The van der Waals surface area contributed by atoms with E-state index in [1.165, 1.54) is 18.9 Å². The van der Waals surface area contributed by atoms with Crippen LogP contribution >= 0.6 is 0 Å². The van der Waals surface area contributed by atoms with Gasteiger partial charge in [-0.1, -0.05) is 20.3 Å². The molecule has 1 aromatic carbocycles. The van der Waals surface area contributed by atoms with Crippen LogP contribution in [0, 0.1) is 11.7 Å². The van der Waals surface area contributed by atoms with Gasteiger partial charge in [-0.3, -0.25) is 0 Å². The molecule has 2 nitrogen and oxygen atoms in total. The van der Waals surface area contributed by atoms with E-state index in [0.717, 1.165) is 24.9 Å². The Labute approximate surface area is 115 Å². The zero-order valence-electron chi connectivity index (χ0n) is 11.9. The number of ether oxygens (including phenoxy) is 1. The normalized spacial score (nSPS) is 23.3. The van der Waals surface area contributed by atoms with Gasteiger partial charge in [-0.15, -0.1) is 0 Å². The molecule has 3 heteroatoms. The Balaban J connectivity index is 2.00. The van der Waals surface area contributed by atoms with Gasteiger partial charge < -0.3 is 10.1 Å². The molecule has 2 unspecified atom stereocenters. The first kappa shape index (κ1) is 14.3. The molecule has 2 rings (SSSR count). The van der Waals surface area contributed by atoms with Gasteiger partial charge in [0.15, 0.2) is 0 Å². The molecule has 106 valence electrons. The topological polar surface area (TPSA) is 21.3 Å². The van der Waals surface area contributed by atoms with Crippen molar-refractivity contribution in [3.05, 3.63) is 29.6 Å². The SMILES string of the molecule is CCNCc1cc(F)cc(OC2CCCC(C)C2)c1. The third-order valence-corrected chi connectivity index (χ3v) is 3.70. The highest BCUT2D eigenvalue weighted by molar-refractivity contribution is 5.29. The van der Waals surface area contributed by atoms with E-state index in [0.29, 0.717) is 18.2 Å². The first-order chi connectivity index (χ1) is 9.17. The highest BCUT2D eigenvalue weighted by Gasteiger charge is 2.20. The van der Waals surface area contributed by atoms with Crippen LogP contribution in [0.2, 0.25) is 0 Å². The highest BCUT2D eigenvalue weighted by Crippen LogP contribution is 2.28. The Morgan fingerprint density at radius 3 is 2.89 bits per heavy atom. The van der Waals surface area contributed by atoms with Gasteiger partial charge in [0, 0.05) is 12.6 Å². The third kappa shape index (κ3) is 4.50. The second kappa shape index (κ2) is 6.90. The summed E-state index contributed by atoms with van der Waals surface area (Å²) < 4.78 is 19.5. The predicted molar refractivity (Wildman–Crippen MR) is 75.8 cm³/mol. The van der Waals surface area contributed by atoms with Crippen molar-refractivity contribution in [2.75, 3.05) is 6.54 Å². The molecular weight excluding hydrogens is 241 g/mol. The monoisotopic (exact) mass is 265 g/mol. The Kier molecular flexibility index (Phi) is 5.20. The summed E-state index contributed by atoms with van der Waals surface area (Å²) in [6, 6.07) is 5.01. The zero-order valence-corrected chi connectivity index (χ0v) is 11.9. The van der Waals surface area contributed by atoms with Crippen LogP contribution in [0.15, 0.2) is 18.2 Å². The molecule has 1 N–H and O–H groups in total. The molecule has 0 aromatic heterocycles. The fourth-order valence-corrected chi connectivity index (χ4v) is 2.74. The van der Waals surface area contributed by atoms with E-state index in [1.807, 2.05) is 13.0 Å². The molecular formula is C16H24FNO. The lowest BCUT2D eigenvalue weighted by atomic mass is 9.89. The lowest BCUT2D eigenvalue weighted by Gasteiger charge is -2.27. The van der Waals surface area contributed by atoms with Gasteiger partial charge >= 0.3 is 0 Å². The van der Waals surface area contributed by atoms with Gasteiger partial charge in [-0.05, 0) is 49.4 Å². The molecule has 1 fully saturated rings. The predicted octanol–water partition coefficient (Wildman–Crippen LogP) is 3.89. The van der Waals surface area contributed by atoms with Crippen LogP contribution in [0.4, 0.5) is 4.39 Å². The van der Waals surface area contributed by atoms with Gasteiger partial charge in [-0.2, -0.15) is 0 Å². The van der Waals surface area contributed by atoms with Crippen LogP contribution in [0.1, 0.15) is 45.1 Å². The van der Waals surface area contributed by atoms with E-state index in [1.54, 1.807) is 6.07 Å². The molecule has 1 aliphatic rings. The summed E-state index contributed by atoms with van der Waals surface area (Å²) in [7, 11) is 0. The highest BCUT2D eigenvalue weighted by atomic mass is 19.1. The van der Waals surface area contributed by atoms with Crippen LogP contribution in [-0.2, 0) is 6.54 Å². The first-order valence-electron chi connectivity index (χ1n) is 7.34. The van der Waals surface area contributed by atoms with Crippen LogP contribution in [0.3, 0.4) is 0 Å². The summed E-state index contributed by atoms with van der Waals surface area (Å²) in [5.41, 5.74) is 0.945. The van der Waals surface area contributed by atoms with Crippen LogP contribution < -0.4 is 10.1 Å². The number of hydrogen-bond acceptors (Lipinski definition) is 2. The molecule has 0 spiro atoms. The maximum Gasteiger partial charge on any atom is 0.127 e. The number of nitrogens with one attached hydrogen (secondary N) is 1. The summed E-state index contributed by atoms with van der Waals surface area (Å²) >= 11 is 0. The molecule has 2 atom stereocenters. The number of rotatable bonds is 5. The summed E-state index contributed by atoms with van der Waals surface area (Å²) in [6.45, 7) is 5.87. The van der Waals surface area contributed by atoms with Crippen LogP contribution in [0.25, 0.3) is 0 Å². The summed E-state index contributed by atoms with van der Waals surface area (Å²) in [5, 5.41) is 3.21. The Bertz CT molecular complexity index is 408. The van der Waals surface area contributed by atoms with Gasteiger partial charge in [0.2, 0.25) is 0 Å². The summed E-state index contributed by atoms with van der Waals surface area (Å²) in [6.07, 6.45) is 4.92. The minimum Gasteiger partial charge on any atom is -0.490 e. The minimum atomic E-state index is -0.214. The Morgan fingerprint density at radius 1 is 1.32 bits per heavy atom. The average Bonchev–Trinajstić information content (AvgIpc) is 2.35. The van der Waals surface area contributed by atoms with E-state index in [2.05, 4.69) is 12.2 Å². The Morgan fingerprint density at radius 2 is 2.16 bits per heavy atom. The second-order valence-electron chi connectivity index (χ2n) is 5.59. The van der Waals surface area contributed by atoms with E-state index >= 15 is 0 Å². The van der Waals surface area contributed by atoms with Crippen molar-refractivity contribution in [3.8, 4) is 5.75 Å². The van der Waals surface area contributed by atoms with E-state index in [9.17, 15) is 4.39 Å². The largest absolute Gasteiger partial charge is 0.490 e.